The third-order valence-corrected chi connectivity index (χ3v) is 6.11. The van der Waals surface area contributed by atoms with Crippen LogP contribution in [0.25, 0.3) is 0 Å². The normalized spacial score (nSPS) is 32.5. The fourth-order valence-corrected chi connectivity index (χ4v) is 4.79. The van der Waals surface area contributed by atoms with Crippen LogP contribution in [0.4, 0.5) is 5.69 Å². The minimum atomic E-state index is 0.509. The largest absolute Gasteiger partial charge is 0.381 e. The highest BCUT2D eigenvalue weighted by Crippen LogP contribution is 2.35. The Bertz CT molecular complexity index is 517. The molecule has 2 aliphatic heterocycles. The average Bonchev–Trinajstić information content (AvgIpc) is 3.31. The molecule has 1 aliphatic carbocycles. The molecule has 1 aromatic heterocycles. The Kier molecular flexibility index (Phi) is 4.58. The molecule has 1 saturated carbocycles. The van der Waals surface area contributed by atoms with E-state index < -0.39 is 0 Å². The van der Waals surface area contributed by atoms with Gasteiger partial charge < -0.3 is 15.4 Å². The first-order chi connectivity index (χ1) is 11.3. The van der Waals surface area contributed by atoms with Gasteiger partial charge in [0.15, 0.2) is 0 Å². The van der Waals surface area contributed by atoms with Gasteiger partial charge in [-0.1, -0.05) is 6.42 Å². The molecule has 3 atom stereocenters. The smallest absolute Gasteiger partial charge is 0.0758 e. The van der Waals surface area contributed by atoms with Gasteiger partial charge in [0.25, 0.3) is 0 Å². The predicted molar refractivity (Wildman–Crippen MR) is 91.8 cm³/mol. The summed E-state index contributed by atoms with van der Waals surface area (Å²) in [7, 11) is 0. The lowest BCUT2D eigenvalue weighted by Crippen LogP contribution is -2.38. The lowest BCUT2D eigenvalue weighted by atomic mass is 9.93. The van der Waals surface area contributed by atoms with Crippen LogP contribution in [0.2, 0.25) is 0 Å². The van der Waals surface area contributed by atoms with Crippen molar-refractivity contribution in [2.24, 2.45) is 5.92 Å². The van der Waals surface area contributed by atoms with Crippen molar-refractivity contribution in [3.05, 3.63) is 11.9 Å². The van der Waals surface area contributed by atoms with Gasteiger partial charge in [0.2, 0.25) is 0 Å². The summed E-state index contributed by atoms with van der Waals surface area (Å²) >= 11 is 0. The lowest BCUT2D eigenvalue weighted by Gasteiger charge is -2.27. The van der Waals surface area contributed by atoms with Gasteiger partial charge in [0.1, 0.15) is 0 Å². The molecule has 23 heavy (non-hydrogen) atoms. The second kappa shape index (κ2) is 6.81. The molecule has 2 N–H and O–H groups in total. The van der Waals surface area contributed by atoms with Gasteiger partial charge in [0.05, 0.1) is 23.6 Å². The number of anilines is 1. The van der Waals surface area contributed by atoms with Crippen molar-refractivity contribution in [2.75, 3.05) is 25.1 Å². The first kappa shape index (κ1) is 15.5. The maximum absolute atomic E-state index is 5.48. The highest BCUT2D eigenvalue weighted by Gasteiger charge is 2.35. The van der Waals surface area contributed by atoms with E-state index in [2.05, 4.69) is 27.3 Å². The molecule has 2 saturated heterocycles. The van der Waals surface area contributed by atoms with Crippen LogP contribution in [-0.4, -0.2) is 41.6 Å². The molecule has 5 heteroatoms. The van der Waals surface area contributed by atoms with Crippen molar-refractivity contribution in [1.82, 2.24) is 15.1 Å². The Morgan fingerprint density at radius 1 is 1.17 bits per heavy atom. The van der Waals surface area contributed by atoms with Crippen LogP contribution < -0.4 is 10.6 Å². The Hall–Kier alpha value is -1.07. The predicted octanol–water partition coefficient (Wildman–Crippen LogP) is 2.88. The lowest BCUT2D eigenvalue weighted by molar-refractivity contribution is 0.0657. The molecule has 3 aliphatic rings. The van der Waals surface area contributed by atoms with Crippen molar-refractivity contribution in [3.63, 3.8) is 0 Å². The molecule has 1 aromatic rings. The van der Waals surface area contributed by atoms with E-state index in [1.54, 1.807) is 0 Å². The molecule has 0 aromatic carbocycles. The van der Waals surface area contributed by atoms with Crippen LogP contribution in [0.1, 0.15) is 56.7 Å². The summed E-state index contributed by atoms with van der Waals surface area (Å²) in [6, 6.07) is 1.84. The molecule has 3 heterocycles. The maximum Gasteiger partial charge on any atom is 0.0758 e. The Morgan fingerprint density at radius 2 is 2.04 bits per heavy atom. The first-order valence-corrected chi connectivity index (χ1v) is 9.44. The zero-order valence-corrected chi connectivity index (χ0v) is 14.3. The van der Waals surface area contributed by atoms with E-state index in [0.29, 0.717) is 12.1 Å². The molecule has 0 bridgehead atoms. The van der Waals surface area contributed by atoms with Gasteiger partial charge in [-0.25, -0.2) is 0 Å². The molecule has 128 valence electrons. The Morgan fingerprint density at radius 3 is 2.83 bits per heavy atom. The average molecular weight is 318 g/mol. The standard InChI is InChI=1S/C18H30N4O/c1-13-18(12-20-22(13)14-7-10-23-11-8-14)21-17-5-2-4-15(17)16-6-3-9-19-16/h12,14-17,19,21H,2-11H2,1H3. The number of ether oxygens (including phenoxy) is 1. The van der Waals surface area contributed by atoms with Crippen molar-refractivity contribution >= 4 is 5.69 Å². The molecule has 3 fully saturated rings. The van der Waals surface area contributed by atoms with Crippen molar-refractivity contribution in [1.29, 1.82) is 0 Å². The van der Waals surface area contributed by atoms with Crippen LogP contribution in [-0.2, 0) is 4.74 Å². The first-order valence-electron chi connectivity index (χ1n) is 9.44. The van der Waals surface area contributed by atoms with Crippen molar-refractivity contribution < 1.29 is 4.74 Å². The minimum Gasteiger partial charge on any atom is -0.381 e. The zero-order chi connectivity index (χ0) is 15.6. The summed E-state index contributed by atoms with van der Waals surface area (Å²) < 4.78 is 7.71. The number of hydrogen-bond donors (Lipinski definition) is 2. The highest BCUT2D eigenvalue weighted by atomic mass is 16.5. The van der Waals surface area contributed by atoms with Crippen LogP contribution in [0.15, 0.2) is 6.20 Å². The minimum absolute atomic E-state index is 0.509. The maximum atomic E-state index is 5.48. The quantitative estimate of drug-likeness (QED) is 0.896. The molecular formula is C18H30N4O. The van der Waals surface area contributed by atoms with E-state index in [-0.39, 0.29) is 0 Å². The molecule has 0 amide bonds. The summed E-state index contributed by atoms with van der Waals surface area (Å²) in [5.41, 5.74) is 2.54. The Balaban J connectivity index is 1.44. The van der Waals surface area contributed by atoms with Crippen LogP contribution in [0.3, 0.4) is 0 Å². The topological polar surface area (TPSA) is 51.1 Å². The van der Waals surface area contributed by atoms with E-state index in [1.165, 1.54) is 50.0 Å². The number of aromatic nitrogens is 2. The van der Waals surface area contributed by atoms with Crippen molar-refractivity contribution in [2.45, 2.75) is 70.0 Å². The number of hydrogen-bond acceptors (Lipinski definition) is 4. The van der Waals surface area contributed by atoms with E-state index in [1.807, 2.05) is 6.20 Å². The fourth-order valence-electron chi connectivity index (χ4n) is 4.79. The monoisotopic (exact) mass is 318 g/mol. The summed E-state index contributed by atoms with van der Waals surface area (Å²) in [5, 5.41) is 12.2. The summed E-state index contributed by atoms with van der Waals surface area (Å²) in [6.07, 6.45) is 10.9. The zero-order valence-electron chi connectivity index (χ0n) is 14.3. The number of nitrogens with zero attached hydrogens (tertiary/aromatic N) is 2. The molecule has 0 radical (unpaired) electrons. The van der Waals surface area contributed by atoms with E-state index in [9.17, 15) is 0 Å². The SMILES string of the molecule is Cc1c(NC2CCCC2C2CCCN2)cnn1C1CCOCC1. The third-order valence-electron chi connectivity index (χ3n) is 6.11. The van der Waals surface area contributed by atoms with Gasteiger partial charge in [-0.2, -0.15) is 5.10 Å². The van der Waals surface area contributed by atoms with E-state index in [4.69, 9.17) is 4.74 Å². The van der Waals surface area contributed by atoms with Gasteiger partial charge in [-0.05, 0) is 57.9 Å². The number of nitrogens with one attached hydrogen (secondary N) is 2. The molecule has 3 unspecified atom stereocenters. The van der Waals surface area contributed by atoms with Crippen LogP contribution >= 0.6 is 0 Å². The van der Waals surface area contributed by atoms with E-state index in [0.717, 1.165) is 38.0 Å². The summed E-state index contributed by atoms with van der Waals surface area (Å²) in [4.78, 5) is 0. The fraction of sp³-hybridized carbons (Fsp3) is 0.833. The van der Waals surface area contributed by atoms with Gasteiger partial charge in [-0.15, -0.1) is 0 Å². The molecule has 4 rings (SSSR count). The third kappa shape index (κ3) is 3.13. The number of rotatable bonds is 4. The molecule has 5 nitrogen and oxygen atoms in total. The summed E-state index contributed by atoms with van der Waals surface area (Å²) in [6.45, 7) is 5.15. The second-order valence-corrected chi connectivity index (χ2v) is 7.48. The van der Waals surface area contributed by atoms with Gasteiger partial charge in [0, 0.05) is 25.3 Å². The molecule has 0 spiro atoms. The summed E-state index contributed by atoms with van der Waals surface area (Å²) in [5.74, 6) is 0.781. The van der Waals surface area contributed by atoms with Crippen LogP contribution in [0, 0.1) is 12.8 Å². The van der Waals surface area contributed by atoms with Gasteiger partial charge >= 0.3 is 0 Å². The van der Waals surface area contributed by atoms with Crippen LogP contribution in [0.5, 0.6) is 0 Å². The highest BCUT2D eigenvalue weighted by molar-refractivity contribution is 5.47. The van der Waals surface area contributed by atoms with E-state index >= 15 is 0 Å². The Labute approximate surface area is 139 Å². The second-order valence-electron chi connectivity index (χ2n) is 7.48. The molecular weight excluding hydrogens is 288 g/mol. The van der Waals surface area contributed by atoms with Gasteiger partial charge in [-0.3, -0.25) is 4.68 Å². The van der Waals surface area contributed by atoms with Crippen molar-refractivity contribution in [3.8, 4) is 0 Å².